The molecule has 1 fully saturated rings. The van der Waals surface area contributed by atoms with Crippen LogP contribution in [0.5, 0.6) is 0 Å². The Labute approximate surface area is 109 Å². The molecule has 0 aromatic carbocycles. The van der Waals surface area contributed by atoms with Crippen molar-refractivity contribution in [2.75, 3.05) is 5.75 Å². The van der Waals surface area contributed by atoms with Gasteiger partial charge in [0.1, 0.15) is 0 Å². The second kappa shape index (κ2) is 4.42. The van der Waals surface area contributed by atoms with Crippen molar-refractivity contribution in [2.24, 2.45) is 0 Å². The highest BCUT2D eigenvalue weighted by Gasteiger charge is 2.29. The minimum atomic E-state index is -0.0522. The van der Waals surface area contributed by atoms with Gasteiger partial charge in [0.25, 0.3) is 5.56 Å². The summed E-state index contributed by atoms with van der Waals surface area (Å²) in [7, 11) is 0. The van der Waals surface area contributed by atoms with Crippen LogP contribution in [0, 0.1) is 6.92 Å². The average molecular weight is 265 g/mol. The summed E-state index contributed by atoms with van der Waals surface area (Å²) in [4.78, 5) is 28.1. The number of fused-ring (bicyclic) bond motifs is 1. The zero-order valence-electron chi connectivity index (χ0n) is 10.2. The molecule has 96 valence electrons. The number of carbonyl (C=O) groups excluding carboxylic acids is 1. The molecular formula is C12H15N3O2S. The van der Waals surface area contributed by atoms with Crippen molar-refractivity contribution in [2.45, 2.75) is 43.4 Å². The number of aromatic nitrogens is 2. The zero-order valence-corrected chi connectivity index (χ0v) is 11.0. The van der Waals surface area contributed by atoms with Crippen molar-refractivity contribution >= 4 is 17.7 Å². The lowest BCUT2D eigenvalue weighted by atomic mass is 10.2. The van der Waals surface area contributed by atoms with Gasteiger partial charge in [0.05, 0.1) is 6.04 Å². The van der Waals surface area contributed by atoms with Crippen molar-refractivity contribution < 1.29 is 4.79 Å². The van der Waals surface area contributed by atoms with Gasteiger partial charge in [-0.2, -0.15) is 0 Å². The van der Waals surface area contributed by atoms with Crippen LogP contribution in [0.4, 0.5) is 0 Å². The van der Waals surface area contributed by atoms with Crippen LogP contribution in [-0.2, 0) is 4.79 Å². The number of carbonyl (C=O) groups is 1. The molecule has 0 radical (unpaired) electrons. The molecule has 18 heavy (non-hydrogen) atoms. The van der Waals surface area contributed by atoms with Crippen LogP contribution < -0.4 is 10.9 Å². The average Bonchev–Trinajstić information content (AvgIpc) is 3.04. The summed E-state index contributed by atoms with van der Waals surface area (Å²) in [5, 5.41) is 3.69. The van der Waals surface area contributed by atoms with Crippen molar-refractivity contribution in [1.82, 2.24) is 14.9 Å². The fourth-order valence-corrected chi connectivity index (χ4v) is 3.21. The van der Waals surface area contributed by atoms with E-state index < -0.39 is 0 Å². The molecule has 1 aliphatic heterocycles. The van der Waals surface area contributed by atoms with Gasteiger partial charge in [0.2, 0.25) is 5.91 Å². The van der Waals surface area contributed by atoms with Crippen molar-refractivity contribution in [1.29, 1.82) is 0 Å². The minimum absolute atomic E-state index is 0.0192. The zero-order chi connectivity index (χ0) is 12.7. The summed E-state index contributed by atoms with van der Waals surface area (Å²) in [5.74, 6) is 0.799. The molecule has 6 heteroatoms. The Kier molecular flexibility index (Phi) is 2.89. The van der Waals surface area contributed by atoms with E-state index in [1.165, 1.54) is 0 Å². The van der Waals surface area contributed by atoms with Gasteiger partial charge in [-0.1, -0.05) is 11.8 Å². The van der Waals surface area contributed by atoms with Gasteiger partial charge in [-0.25, -0.2) is 4.98 Å². The maximum atomic E-state index is 12.1. The van der Waals surface area contributed by atoms with Crippen LogP contribution in [0.2, 0.25) is 0 Å². The molecule has 1 unspecified atom stereocenters. The maximum absolute atomic E-state index is 12.1. The molecule has 1 atom stereocenters. The monoisotopic (exact) mass is 265 g/mol. The highest BCUT2D eigenvalue weighted by atomic mass is 32.2. The van der Waals surface area contributed by atoms with Gasteiger partial charge < -0.3 is 5.32 Å². The van der Waals surface area contributed by atoms with Gasteiger partial charge in [0, 0.05) is 30.0 Å². The largest absolute Gasteiger partial charge is 0.353 e. The highest BCUT2D eigenvalue weighted by Crippen LogP contribution is 2.32. The predicted molar refractivity (Wildman–Crippen MR) is 68.8 cm³/mol. The minimum Gasteiger partial charge on any atom is -0.353 e. The van der Waals surface area contributed by atoms with E-state index in [4.69, 9.17) is 0 Å². The number of thioether (sulfide) groups is 1. The Morgan fingerprint density at radius 1 is 1.61 bits per heavy atom. The Morgan fingerprint density at radius 3 is 3.11 bits per heavy atom. The Hall–Kier alpha value is -1.30. The van der Waals surface area contributed by atoms with Gasteiger partial charge >= 0.3 is 0 Å². The van der Waals surface area contributed by atoms with Crippen LogP contribution in [0.1, 0.15) is 30.9 Å². The van der Waals surface area contributed by atoms with Crippen LogP contribution in [0.3, 0.4) is 0 Å². The number of aryl methyl sites for hydroxylation is 1. The van der Waals surface area contributed by atoms with E-state index in [-0.39, 0.29) is 17.5 Å². The highest BCUT2D eigenvalue weighted by molar-refractivity contribution is 7.99. The third kappa shape index (κ3) is 2.16. The first kappa shape index (κ1) is 11.8. The Bertz CT molecular complexity index is 551. The normalized spacial score (nSPS) is 21.7. The Balaban J connectivity index is 1.78. The summed E-state index contributed by atoms with van der Waals surface area (Å²) in [6.07, 6.45) is 4.15. The molecule has 1 saturated carbocycles. The van der Waals surface area contributed by atoms with E-state index in [0.717, 1.165) is 23.8 Å². The lowest BCUT2D eigenvalue weighted by molar-refractivity contribution is -0.121. The third-order valence-electron chi connectivity index (χ3n) is 3.26. The van der Waals surface area contributed by atoms with Gasteiger partial charge in [0.15, 0.2) is 5.16 Å². The summed E-state index contributed by atoms with van der Waals surface area (Å²) in [6.45, 7) is 1.76. The van der Waals surface area contributed by atoms with E-state index in [1.807, 2.05) is 0 Å². The molecule has 1 aliphatic carbocycles. The molecule has 2 heterocycles. The van der Waals surface area contributed by atoms with E-state index in [1.54, 1.807) is 29.4 Å². The fraction of sp³-hybridized carbons (Fsp3) is 0.583. The lowest BCUT2D eigenvalue weighted by Crippen LogP contribution is -2.32. The number of amides is 1. The maximum Gasteiger partial charge on any atom is 0.257 e. The van der Waals surface area contributed by atoms with Crippen LogP contribution in [-0.4, -0.2) is 27.3 Å². The second-order valence-electron chi connectivity index (χ2n) is 4.91. The first-order valence-electron chi connectivity index (χ1n) is 6.15. The molecule has 0 saturated heterocycles. The molecule has 0 spiro atoms. The predicted octanol–water partition coefficient (Wildman–Crippen LogP) is 0.867. The van der Waals surface area contributed by atoms with Crippen molar-refractivity contribution in [3.8, 4) is 0 Å². The number of nitrogens with one attached hydrogen (secondary N) is 1. The third-order valence-corrected chi connectivity index (χ3v) is 4.38. The van der Waals surface area contributed by atoms with Crippen molar-refractivity contribution in [3.63, 3.8) is 0 Å². The summed E-state index contributed by atoms with van der Waals surface area (Å²) >= 11 is 1.55. The second-order valence-corrected chi connectivity index (χ2v) is 5.90. The first-order chi connectivity index (χ1) is 8.65. The van der Waals surface area contributed by atoms with E-state index in [9.17, 15) is 9.59 Å². The molecule has 1 N–H and O–H groups in total. The summed E-state index contributed by atoms with van der Waals surface area (Å²) in [6, 6.07) is 0.321. The van der Waals surface area contributed by atoms with Gasteiger partial charge in [-0.3, -0.25) is 14.2 Å². The van der Waals surface area contributed by atoms with Gasteiger partial charge in [-0.05, 0) is 19.8 Å². The molecular weight excluding hydrogens is 250 g/mol. The van der Waals surface area contributed by atoms with E-state index >= 15 is 0 Å². The van der Waals surface area contributed by atoms with Crippen molar-refractivity contribution in [3.05, 3.63) is 22.1 Å². The number of nitrogens with zero attached hydrogens (tertiary/aromatic N) is 2. The lowest BCUT2D eigenvalue weighted by Gasteiger charge is -2.13. The number of rotatable bonds is 3. The molecule has 1 aromatic heterocycles. The quantitative estimate of drug-likeness (QED) is 0.824. The van der Waals surface area contributed by atoms with Gasteiger partial charge in [-0.15, -0.1) is 0 Å². The van der Waals surface area contributed by atoms with Crippen LogP contribution in [0.25, 0.3) is 0 Å². The molecule has 1 amide bonds. The standard InChI is InChI=1S/C12H15N3O2S/c1-7-5-13-12-15(11(7)17)9(6-18-12)4-10(16)14-8-2-3-8/h5,8-9H,2-4,6H2,1H3,(H,14,16). The van der Waals surface area contributed by atoms with E-state index in [2.05, 4.69) is 10.3 Å². The molecule has 0 bridgehead atoms. The molecule has 5 nitrogen and oxygen atoms in total. The summed E-state index contributed by atoms with van der Waals surface area (Å²) < 4.78 is 1.67. The summed E-state index contributed by atoms with van der Waals surface area (Å²) in [5.41, 5.74) is 0.614. The molecule has 3 rings (SSSR count). The first-order valence-corrected chi connectivity index (χ1v) is 7.14. The topological polar surface area (TPSA) is 64.0 Å². The Morgan fingerprint density at radius 2 is 2.39 bits per heavy atom. The smallest absolute Gasteiger partial charge is 0.257 e. The molecule has 2 aliphatic rings. The van der Waals surface area contributed by atoms with Crippen LogP contribution in [0.15, 0.2) is 16.1 Å². The van der Waals surface area contributed by atoms with Crippen LogP contribution >= 0.6 is 11.8 Å². The number of hydrogen-bond donors (Lipinski definition) is 1. The molecule has 1 aromatic rings. The SMILES string of the molecule is Cc1cnc2n(c1=O)C(CC(=O)NC1CC1)CS2. The number of hydrogen-bond acceptors (Lipinski definition) is 4. The van der Waals surface area contributed by atoms with E-state index in [0.29, 0.717) is 18.0 Å². The fourth-order valence-electron chi connectivity index (χ4n) is 2.10.